The number of benzene rings is 1. The van der Waals surface area contributed by atoms with Crippen LogP contribution >= 0.6 is 0 Å². The molecule has 7 heteroatoms. The Bertz CT molecular complexity index is 857. The van der Waals surface area contributed by atoms with E-state index >= 15 is 0 Å². The molecule has 0 aliphatic carbocycles. The van der Waals surface area contributed by atoms with Gasteiger partial charge in [0, 0.05) is 17.8 Å². The average Bonchev–Trinajstić information content (AvgIpc) is 3.14. The highest BCUT2D eigenvalue weighted by molar-refractivity contribution is 5.91. The largest absolute Gasteiger partial charge is 0.497 e. The molecular formula is C18H17N5O2. The number of aromatic nitrogens is 4. The van der Waals surface area contributed by atoms with Crippen molar-refractivity contribution in [2.45, 2.75) is 6.54 Å². The maximum absolute atomic E-state index is 11.8. The Morgan fingerprint density at radius 1 is 1.24 bits per heavy atom. The Morgan fingerprint density at radius 3 is 2.80 bits per heavy atom. The SMILES string of the molecule is COc1ccc(-c2n[nH]c(CNC(=O)/C=C\c3ccccn3)n2)cc1. The van der Waals surface area contributed by atoms with Gasteiger partial charge < -0.3 is 10.1 Å². The number of rotatable bonds is 6. The number of ether oxygens (including phenoxy) is 1. The van der Waals surface area contributed by atoms with E-state index in [-0.39, 0.29) is 12.5 Å². The Balaban J connectivity index is 1.56. The minimum absolute atomic E-state index is 0.229. The van der Waals surface area contributed by atoms with Gasteiger partial charge in [-0.05, 0) is 42.5 Å². The van der Waals surface area contributed by atoms with Crippen molar-refractivity contribution in [1.82, 2.24) is 25.5 Å². The molecule has 1 aromatic carbocycles. The third-order valence-electron chi connectivity index (χ3n) is 3.40. The number of methoxy groups -OCH3 is 1. The molecule has 0 atom stereocenters. The molecule has 2 heterocycles. The number of H-pyrrole nitrogens is 1. The summed E-state index contributed by atoms with van der Waals surface area (Å²) in [6.07, 6.45) is 4.76. The van der Waals surface area contributed by atoms with Crippen molar-refractivity contribution in [3.8, 4) is 17.1 Å². The smallest absolute Gasteiger partial charge is 0.244 e. The van der Waals surface area contributed by atoms with E-state index in [4.69, 9.17) is 4.74 Å². The van der Waals surface area contributed by atoms with E-state index in [0.29, 0.717) is 11.6 Å². The van der Waals surface area contributed by atoms with Gasteiger partial charge in [-0.15, -0.1) is 0 Å². The molecule has 7 nitrogen and oxygen atoms in total. The number of nitrogens with zero attached hydrogens (tertiary/aromatic N) is 3. The zero-order valence-corrected chi connectivity index (χ0v) is 13.6. The summed E-state index contributed by atoms with van der Waals surface area (Å²) in [5.41, 5.74) is 1.59. The van der Waals surface area contributed by atoms with Crippen LogP contribution in [0.15, 0.2) is 54.7 Å². The van der Waals surface area contributed by atoms with Crippen LogP contribution in [0.1, 0.15) is 11.5 Å². The van der Waals surface area contributed by atoms with E-state index in [1.807, 2.05) is 42.5 Å². The Hall–Kier alpha value is -3.48. The van der Waals surface area contributed by atoms with Crippen LogP contribution in [-0.4, -0.2) is 33.2 Å². The van der Waals surface area contributed by atoms with E-state index < -0.39 is 0 Å². The first-order chi connectivity index (χ1) is 12.2. The van der Waals surface area contributed by atoms with Crippen molar-refractivity contribution in [3.05, 3.63) is 66.3 Å². The molecule has 0 radical (unpaired) electrons. The summed E-state index contributed by atoms with van der Waals surface area (Å²) >= 11 is 0. The highest BCUT2D eigenvalue weighted by Gasteiger charge is 2.07. The summed E-state index contributed by atoms with van der Waals surface area (Å²) in [6, 6.07) is 12.9. The third kappa shape index (κ3) is 4.51. The maximum atomic E-state index is 11.8. The van der Waals surface area contributed by atoms with Crippen molar-refractivity contribution in [1.29, 1.82) is 0 Å². The van der Waals surface area contributed by atoms with Gasteiger partial charge in [0.1, 0.15) is 11.6 Å². The molecule has 25 heavy (non-hydrogen) atoms. The summed E-state index contributed by atoms with van der Waals surface area (Å²) in [6.45, 7) is 0.258. The van der Waals surface area contributed by atoms with Gasteiger partial charge in [-0.2, -0.15) is 5.10 Å². The first-order valence-electron chi connectivity index (χ1n) is 7.67. The predicted molar refractivity (Wildman–Crippen MR) is 93.5 cm³/mol. The second-order valence-corrected chi connectivity index (χ2v) is 5.14. The van der Waals surface area contributed by atoms with Gasteiger partial charge in [0.15, 0.2) is 5.82 Å². The predicted octanol–water partition coefficient (Wildman–Crippen LogP) is 2.20. The zero-order valence-electron chi connectivity index (χ0n) is 13.6. The number of carbonyl (C=O) groups is 1. The quantitative estimate of drug-likeness (QED) is 0.674. The van der Waals surface area contributed by atoms with Crippen LogP contribution in [0.25, 0.3) is 17.5 Å². The van der Waals surface area contributed by atoms with Crippen LogP contribution in [-0.2, 0) is 11.3 Å². The van der Waals surface area contributed by atoms with Gasteiger partial charge in [0.05, 0.1) is 19.3 Å². The fourth-order valence-electron chi connectivity index (χ4n) is 2.11. The molecule has 0 bridgehead atoms. The maximum Gasteiger partial charge on any atom is 0.244 e. The number of pyridine rings is 1. The second-order valence-electron chi connectivity index (χ2n) is 5.14. The Morgan fingerprint density at radius 2 is 2.08 bits per heavy atom. The van der Waals surface area contributed by atoms with Crippen molar-refractivity contribution in [2.75, 3.05) is 7.11 Å². The van der Waals surface area contributed by atoms with Crippen molar-refractivity contribution in [3.63, 3.8) is 0 Å². The van der Waals surface area contributed by atoms with E-state index in [1.165, 1.54) is 6.08 Å². The molecule has 1 amide bonds. The molecule has 2 aromatic heterocycles. The molecule has 3 rings (SSSR count). The lowest BCUT2D eigenvalue weighted by Crippen LogP contribution is -2.21. The van der Waals surface area contributed by atoms with Gasteiger partial charge >= 0.3 is 0 Å². The van der Waals surface area contributed by atoms with E-state index in [0.717, 1.165) is 17.0 Å². The highest BCUT2D eigenvalue weighted by Crippen LogP contribution is 2.18. The summed E-state index contributed by atoms with van der Waals surface area (Å²) in [4.78, 5) is 20.3. The first-order valence-corrected chi connectivity index (χ1v) is 7.67. The Labute approximate surface area is 144 Å². The number of aromatic amines is 1. The molecule has 3 aromatic rings. The monoisotopic (exact) mass is 335 g/mol. The van der Waals surface area contributed by atoms with Gasteiger partial charge in [-0.25, -0.2) is 4.98 Å². The minimum Gasteiger partial charge on any atom is -0.497 e. The van der Waals surface area contributed by atoms with E-state index in [9.17, 15) is 4.79 Å². The molecule has 0 aliphatic rings. The molecule has 2 N–H and O–H groups in total. The van der Waals surface area contributed by atoms with Gasteiger partial charge in [0.25, 0.3) is 0 Å². The summed E-state index contributed by atoms with van der Waals surface area (Å²) in [7, 11) is 1.62. The number of carbonyl (C=O) groups excluding carboxylic acids is 1. The highest BCUT2D eigenvalue weighted by atomic mass is 16.5. The molecule has 0 saturated carbocycles. The fraction of sp³-hybridized carbons (Fsp3) is 0.111. The van der Waals surface area contributed by atoms with E-state index in [2.05, 4.69) is 25.5 Å². The van der Waals surface area contributed by atoms with Crippen LogP contribution in [0.5, 0.6) is 5.75 Å². The molecule has 0 aliphatic heterocycles. The van der Waals surface area contributed by atoms with Crippen LogP contribution in [0.3, 0.4) is 0 Å². The van der Waals surface area contributed by atoms with Crippen molar-refractivity contribution < 1.29 is 9.53 Å². The summed E-state index contributed by atoms with van der Waals surface area (Å²) in [5.74, 6) is 1.68. The number of hydrogen-bond donors (Lipinski definition) is 2. The molecule has 0 spiro atoms. The fourth-order valence-corrected chi connectivity index (χ4v) is 2.11. The van der Waals surface area contributed by atoms with Crippen LogP contribution in [0.4, 0.5) is 0 Å². The standard InChI is InChI=1S/C18H17N5O2/c1-25-15-8-5-13(6-9-15)18-21-16(22-23-18)12-20-17(24)10-7-14-4-2-3-11-19-14/h2-11H,12H2,1H3,(H,20,24)(H,21,22,23)/b10-7-. The van der Waals surface area contributed by atoms with Crippen LogP contribution in [0, 0.1) is 0 Å². The van der Waals surface area contributed by atoms with Gasteiger partial charge in [0.2, 0.25) is 5.91 Å². The number of amides is 1. The Kier molecular flexibility index (Phi) is 5.16. The van der Waals surface area contributed by atoms with Crippen LogP contribution in [0.2, 0.25) is 0 Å². The minimum atomic E-state index is -0.229. The van der Waals surface area contributed by atoms with E-state index in [1.54, 1.807) is 19.4 Å². The van der Waals surface area contributed by atoms with Gasteiger partial charge in [-0.1, -0.05) is 6.07 Å². The zero-order chi connectivity index (χ0) is 17.5. The average molecular weight is 335 g/mol. The first kappa shape index (κ1) is 16.4. The van der Waals surface area contributed by atoms with Crippen LogP contribution < -0.4 is 10.1 Å². The van der Waals surface area contributed by atoms with Crippen molar-refractivity contribution >= 4 is 12.0 Å². The number of hydrogen-bond acceptors (Lipinski definition) is 5. The lowest BCUT2D eigenvalue weighted by Gasteiger charge is -1.99. The topological polar surface area (TPSA) is 92.8 Å². The molecule has 0 fully saturated rings. The lowest BCUT2D eigenvalue weighted by molar-refractivity contribution is -0.116. The summed E-state index contributed by atoms with van der Waals surface area (Å²) < 4.78 is 5.12. The molecule has 126 valence electrons. The van der Waals surface area contributed by atoms with Crippen molar-refractivity contribution in [2.24, 2.45) is 0 Å². The lowest BCUT2D eigenvalue weighted by atomic mass is 10.2. The summed E-state index contributed by atoms with van der Waals surface area (Å²) in [5, 5.41) is 9.72. The molecule has 0 saturated heterocycles. The number of nitrogens with one attached hydrogen (secondary N) is 2. The molecular weight excluding hydrogens is 318 g/mol. The van der Waals surface area contributed by atoms with Gasteiger partial charge in [-0.3, -0.25) is 14.9 Å². The second kappa shape index (κ2) is 7.87. The normalized spacial score (nSPS) is 10.8. The third-order valence-corrected chi connectivity index (χ3v) is 3.40. The molecule has 0 unspecified atom stereocenters.